The van der Waals surface area contributed by atoms with Crippen molar-refractivity contribution in [3.05, 3.63) is 47.7 Å². The van der Waals surface area contributed by atoms with Crippen LogP contribution in [-0.4, -0.2) is 21.2 Å². The summed E-state index contributed by atoms with van der Waals surface area (Å²) >= 11 is 0. The normalized spacial score (nSPS) is 12.2. The third-order valence-electron chi connectivity index (χ3n) is 2.47. The smallest absolute Gasteiger partial charge is 0.416 e. The fourth-order valence-electron chi connectivity index (χ4n) is 1.47. The number of alkyl halides is 3. The Labute approximate surface area is 116 Å². The third kappa shape index (κ3) is 3.38. The molecule has 9 heteroatoms. The molecule has 0 bridgehead atoms. The molecule has 0 radical (unpaired) electrons. The zero-order chi connectivity index (χ0) is 15.5. The van der Waals surface area contributed by atoms with Crippen molar-refractivity contribution in [1.82, 2.24) is 10.2 Å². The van der Waals surface area contributed by atoms with Crippen LogP contribution in [0.1, 0.15) is 11.1 Å². The molecule has 0 atom stereocenters. The van der Waals surface area contributed by atoms with Gasteiger partial charge < -0.3 is 15.7 Å². The lowest BCUT2D eigenvalue weighted by Gasteiger charge is -2.10. The second-order valence-corrected chi connectivity index (χ2v) is 3.86. The minimum Gasteiger partial charge on any atom is -0.437 e. The molecule has 0 amide bonds. The van der Waals surface area contributed by atoms with E-state index in [2.05, 4.69) is 15.4 Å². The fraction of sp³-hybridized carbons (Fsp3) is 0.0833. The molecule has 21 heavy (non-hydrogen) atoms. The van der Waals surface area contributed by atoms with Gasteiger partial charge in [-0.25, -0.2) is 0 Å². The highest BCUT2D eigenvalue weighted by Crippen LogP contribution is 2.31. The monoisotopic (exact) mass is 298 g/mol. The second-order valence-electron chi connectivity index (χ2n) is 3.86. The highest BCUT2D eigenvalue weighted by atomic mass is 19.4. The van der Waals surface area contributed by atoms with E-state index in [0.717, 1.165) is 24.3 Å². The van der Waals surface area contributed by atoms with Crippen molar-refractivity contribution in [1.29, 1.82) is 0 Å². The molecule has 1 aromatic carbocycles. The Bertz CT molecular complexity index is 656. The molecule has 0 fully saturated rings. The van der Waals surface area contributed by atoms with Gasteiger partial charge in [0.1, 0.15) is 5.75 Å². The maximum Gasteiger partial charge on any atom is 0.416 e. The zero-order valence-electron chi connectivity index (χ0n) is 10.4. The molecule has 0 spiro atoms. The summed E-state index contributed by atoms with van der Waals surface area (Å²) in [4.78, 5) is 0. The van der Waals surface area contributed by atoms with Gasteiger partial charge in [-0.05, 0) is 30.3 Å². The summed E-state index contributed by atoms with van der Waals surface area (Å²) in [6.45, 7) is 0. The summed E-state index contributed by atoms with van der Waals surface area (Å²) in [5.74, 6) is -0.241. The molecule has 0 aliphatic heterocycles. The molecule has 1 heterocycles. The second kappa shape index (κ2) is 5.65. The highest BCUT2D eigenvalue weighted by Gasteiger charge is 2.30. The van der Waals surface area contributed by atoms with Crippen molar-refractivity contribution in [2.75, 3.05) is 0 Å². The van der Waals surface area contributed by atoms with Crippen LogP contribution < -0.4 is 10.5 Å². The van der Waals surface area contributed by atoms with Gasteiger partial charge in [-0.2, -0.15) is 18.3 Å². The van der Waals surface area contributed by atoms with Crippen LogP contribution in [0.4, 0.5) is 13.2 Å². The van der Waals surface area contributed by atoms with Crippen LogP contribution in [0.3, 0.4) is 0 Å². The molecule has 2 aromatic rings. The Hall–Kier alpha value is -2.84. The molecule has 0 unspecified atom stereocenters. The summed E-state index contributed by atoms with van der Waals surface area (Å²) in [5, 5.41) is 18.7. The Morgan fingerprint density at radius 3 is 2.43 bits per heavy atom. The van der Waals surface area contributed by atoms with Crippen molar-refractivity contribution in [2.24, 2.45) is 10.9 Å². The number of amidine groups is 1. The number of halogens is 3. The lowest BCUT2D eigenvalue weighted by Crippen LogP contribution is -2.15. The van der Waals surface area contributed by atoms with E-state index in [1.165, 1.54) is 12.3 Å². The van der Waals surface area contributed by atoms with Crippen LogP contribution in [0, 0.1) is 0 Å². The van der Waals surface area contributed by atoms with Gasteiger partial charge in [0.05, 0.1) is 17.3 Å². The van der Waals surface area contributed by atoms with E-state index < -0.39 is 11.7 Å². The lowest BCUT2D eigenvalue weighted by molar-refractivity contribution is -0.137. The van der Waals surface area contributed by atoms with E-state index in [9.17, 15) is 13.2 Å². The molecular weight excluding hydrogens is 289 g/mol. The number of hydrogen-bond donors (Lipinski definition) is 2. The molecule has 0 aliphatic carbocycles. The maximum atomic E-state index is 12.4. The fourth-order valence-corrected chi connectivity index (χ4v) is 1.47. The SMILES string of the molecule is N/C(=N/O)c1ccnnc1Oc1ccc(C(F)(F)F)cc1. The van der Waals surface area contributed by atoms with Gasteiger partial charge >= 0.3 is 6.18 Å². The van der Waals surface area contributed by atoms with Crippen LogP contribution in [0.2, 0.25) is 0 Å². The molecule has 110 valence electrons. The minimum atomic E-state index is -4.43. The van der Waals surface area contributed by atoms with E-state index >= 15 is 0 Å². The molecule has 0 aliphatic rings. The predicted octanol–water partition coefficient (Wildman–Crippen LogP) is 2.38. The van der Waals surface area contributed by atoms with Crippen molar-refractivity contribution in [2.45, 2.75) is 6.18 Å². The average molecular weight is 298 g/mol. The lowest BCUT2D eigenvalue weighted by atomic mass is 10.2. The predicted molar refractivity (Wildman–Crippen MR) is 66.1 cm³/mol. The van der Waals surface area contributed by atoms with Gasteiger partial charge in [0.15, 0.2) is 5.84 Å². The summed E-state index contributed by atoms with van der Waals surface area (Å²) < 4.78 is 42.6. The van der Waals surface area contributed by atoms with Crippen molar-refractivity contribution >= 4 is 5.84 Å². The van der Waals surface area contributed by atoms with Crippen molar-refractivity contribution in [3.63, 3.8) is 0 Å². The van der Waals surface area contributed by atoms with E-state index in [-0.39, 0.29) is 23.0 Å². The topological polar surface area (TPSA) is 93.6 Å². The van der Waals surface area contributed by atoms with Crippen molar-refractivity contribution in [3.8, 4) is 11.6 Å². The molecule has 3 N–H and O–H groups in total. The Morgan fingerprint density at radius 2 is 1.86 bits per heavy atom. The van der Waals surface area contributed by atoms with Gasteiger partial charge in [0.2, 0.25) is 5.88 Å². The van der Waals surface area contributed by atoms with E-state index in [4.69, 9.17) is 15.7 Å². The van der Waals surface area contributed by atoms with Gasteiger partial charge in [-0.3, -0.25) is 0 Å². The number of nitrogens with zero attached hydrogens (tertiary/aromatic N) is 3. The zero-order valence-corrected chi connectivity index (χ0v) is 10.4. The van der Waals surface area contributed by atoms with Gasteiger partial charge in [0, 0.05) is 0 Å². The van der Waals surface area contributed by atoms with Crippen LogP contribution >= 0.6 is 0 Å². The largest absolute Gasteiger partial charge is 0.437 e. The van der Waals surface area contributed by atoms with Gasteiger partial charge in [-0.1, -0.05) is 5.16 Å². The van der Waals surface area contributed by atoms with Crippen molar-refractivity contribution < 1.29 is 23.1 Å². The standard InChI is InChI=1S/C12H9F3N4O2/c13-12(14,15)7-1-3-8(4-2-7)21-11-9(10(16)19-20)5-6-17-18-11/h1-6,20H,(H2,16,19). The van der Waals surface area contributed by atoms with Crippen LogP contribution in [-0.2, 0) is 6.18 Å². The quantitative estimate of drug-likeness (QED) is 0.393. The number of hydrogen-bond acceptors (Lipinski definition) is 5. The number of aromatic nitrogens is 2. The van der Waals surface area contributed by atoms with Crippen LogP contribution in [0.5, 0.6) is 11.6 Å². The molecule has 0 saturated heterocycles. The number of nitrogens with two attached hydrogens (primary N) is 1. The summed E-state index contributed by atoms with van der Waals surface area (Å²) in [7, 11) is 0. The van der Waals surface area contributed by atoms with Gasteiger partial charge in [0.25, 0.3) is 0 Å². The first-order valence-electron chi connectivity index (χ1n) is 5.56. The minimum absolute atomic E-state index is 0.0902. The number of benzene rings is 1. The Morgan fingerprint density at radius 1 is 1.19 bits per heavy atom. The molecular formula is C12H9F3N4O2. The third-order valence-corrected chi connectivity index (χ3v) is 2.47. The number of ether oxygens (including phenoxy) is 1. The molecule has 0 saturated carbocycles. The average Bonchev–Trinajstić information content (AvgIpc) is 2.46. The molecule has 1 aromatic heterocycles. The van der Waals surface area contributed by atoms with Gasteiger partial charge in [-0.15, -0.1) is 5.10 Å². The van der Waals surface area contributed by atoms with E-state index in [1.807, 2.05) is 0 Å². The molecule has 2 rings (SSSR count). The first-order chi connectivity index (χ1) is 9.91. The first-order valence-corrected chi connectivity index (χ1v) is 5.56. The summed E-state index contributed by atoms with van der Waals surface area (Å²) in [5.41, 5.74) is 4.79. The Balaban J connectivity index is 2.27. The summed E-state index contributed by atoms with van der Waals surface area (Å²) in [6, 6.07) is 5.40. The maximum absolute atomic E-state index is 12.4. The van der Waals surface area contributed by atoms with Crippen LogP contribution in [0.15, 0.2) is 41.7 Å². The number of oxime groups is 1. The van der Waals surface area contributed by atoms with E-state index in [1.54, 1.807) is 0 Å². The molecule has 6 nitrogen and oxygen atoms in total. The summed E-state index contributed by atoms with van der Waals surface area (Å²) in [6.07, 6.45) is -3.13. The van der Waals surface area contributed by atoms with E-state index in [0.29, 0.717) is 0 Å². The van der Waals surface area contributed by atoms with Crippen LogP contribution in [0.25, 0.3) is 0 Å². The highest BCUT2D eigenvalue weighted by molar-refractivity contribution is 5.98. The number of rotatable bonds is 3. The first kappa shape index (κ1) is 14.6. The Kier molecular flexibility index (Phi) is 3.92.